The SMILES string of the molecule is CCC1CC2CCCC(COc3cc(F)c(C(=O)N4CCC[C@H]4CC(=O)O)cc3C3CC3)(C1)C2. The van der Waals surface area contributed by atoms with E-state index in [1.165, 1.54) is 51.0 Å². The van der Waals surface area contributed by atoms with Crippen LogP contribution in [0.4, 0.5) is 4.39 Å². The Morgan fingerprint density at radius 1 is 1.18 bits per heavy atom. The first-order chi connectivity index (χ1) is 16.4. The van der Waals surface area contributed by atoms with Gasteiger partial charge in [0, 0.05) is 24.1 Å². The number of amides is 1. The minimum atomic E-state index is -0.926. The van der Waals surface area contributed by atoms with Crippen molar-refractivity contribution < 1.29 is 23.8 Å². The molecular weight excluding hydrogens is 433 g/mol. The van der Waals surface area contributed by atoms with Gasteiger partial charge in [0.2, 0.25) is 0 Å². The van der Waals surface area contributed by atoms with Crippen LogP contribution in [0.2, 0.25) is 0 Å². The molecule has 3 unspecified atom stereocenters. The molecule has 5 rings (SSSR count). The molecule has 1 heterocycles. The van der Waals surface area contributed by atoms with E-state index >= 15 is 4.39 Å². The summed E-state index contributed by atoms with van der Waals surface area (Å²) in [6, 6.07) is 2.78. The lowest BCUT2D eigenvalue weighted by Crippen LogP contribution is -2.41. The summed E-state index contributed by atoms with van der Waals surface area (Å²) in [6.07, 6.45) is 12.2. The van der Waals surface area contributed by atoms with E-state index in [2.05, 4.69) is 6.92 Å². The largest absolute Gasteiger partial charge is 0.493 e. The number of fused-ring (bicyclic) bond motifs is 2. The molecule has 186 valence electrons. The van der Waals surface area contributed by atoms with E-state index in [0.29, 0.717) is 31.2 Å². The van der Waals surface area contributed by atoms with Crippen LogP contribution < -0.4 is 4.74 Å². The molecule has 34 heavy (non-hydrogen) atoms. The summed E-state index contributed by atoms with van der Waals surface area (Å²) in [4.78, 5) is 26.0. The molecule has 3 aliphatic carbocycles. The topological polar surface area (TPSA) is 66.8 Å². The van der Waals surface area contributed by atoms with Gasteiger partial charge in [0.1, 0.15) is 11.6 Å². The molecule has 1 aromatic rings. The Morgan fingerprint density at radius 3 is 2.74 bits per heavy atom. The third-order valence-electron chi connectivity index (χ3n) is 8.94. The van der Waals surface area contributed by atoms with Crippen molar-refractivity contribution in [2.45, 2.75) is 95.9 Å². The van der Waals surface area contributed by atoms with Crippen molar-refractivity contribution in [2.75, 3.05) is 13.2 Å². The number of carbonyl (C=O) groups is 2. The molecule has 1 saturated heterocycles. The van der Waals surface area contributed by atoms with Gasteiger partial charge in [-0.25, -0.2) is 4.39 Å². The van der Waals surface area contributed by atoms with Crippen molar-refractivity contribution in [1.29, 1.82) is 0 Å². The Labute approximate surface area is 202 Å². The lowest BCUT2D eigenvalue weighted by molar-refractivity contribution is -0.137. The number of benzene rings is 1. The summed E-state index contributed by atoms with van der Waals surface area (Å²) >= 11 is 0. The second-order valence-corrected chi connectivity index (χ2v) is 11.5. The van der Waals surface area contributed by atoms with Crippen LogP contribution >= 0.6 is 0 Å². The molecule has 0 aromatic heterocycles. The molecule has 0 spiro atoms. The van der Waals surface area contributed by atoms with Crippen LogP contribution in [0.3, 0.4) is 0 Å². The van der Waals surface area contributed by atoms with E-state index in [0.717, 1.165) is 36.7 Å². The van der Waals surface area contributed by atoms with Gasteiger partial charge in [-0.3, -0.25) is 9.59 Å². The van der Waals surface area contributed by atoms with Gasteiger partial charge >= 0.3 is 5.97 Å². The number of halogens is 1. The quantitative estimate of drug-likeness (QED) is 0.493. The van der Waals surface area contributed by atoms with Gasteiger partial charge in [-0.1, -0.05) is 26.2 Å². The molecule has 4 aliphatic rings. The number of carboxylic acids is 1. The van der Waals surface area contributed by atoms with Crippen LogP contribution in [-0.4, -0.2) is 41.1 Å². The van der Waals surface area contributed by atoms with E-state index in [1.807, 2.05) is 0 Å². The Balaban J connectivity index is 1.36. The lowest BCUT2D eigenvalue weighted by Gasteiger charge is -2.48. The van der Waals surface area contributed by atoms with Crippen molar-refractivity contribution in [2.24, 2.45) is 17.3 Å². The van der Waals surface area contributed by atoms with Gasteiger partial charge in [-0.2, -0.15) is 0 Å². The van der Waals surface area contributed by atoms with Crippen molar-refractivity contribution in [3.05, 3.63) is 29.1 Å². The molecule has 5 nitrogen and oxygen atoms in total. The highest BCUT2D eigenvalue weighted by Gasteiger charge is 2.43. The number of likely N-dealkylation sites (tertiary alicyclic amines) is 1. The number of ether oxygens (including phenoxy) is 1. The van der Waals surface area contributed by atoms with Crippen LogP contribution in [0.15, 0.2) is 12.1 Å². The Kier molecular flexibility index (Phi) is 6.60. The number of hydrogen-bond acceptors (Lipinski definition) is 3. The number of carbonyl (C=O) groups excluding carboxylic acids is 1. The summed E-state index contributed by atoms with van der Waals surface area (Å²) in [5, 5.41) is 9.19. The predicted octanol–water partition coefficient (Wildman–Crippen LogP) is 6.16. The van der Waals surface area contributed by atoms with Crippen LogP contribution in [0.1, 0.15) is 106 Å². The van der Waals surface area contributed by atoms with Crippen molar-refractivity contribution >= 4 is 11.9 Å². The van der Waals surface area contributed by atoms with Gasteiger partial charge in [-0.05, 0) is 80.8 Å². The van der Waals surface area contributed by atoms with Gasteiger partial charge in [0.25, 0.3) is 5.91 Å². The number of carboxylic acid groups (broad SMARTS) is 1. The highest BCUT2D eigenvalue weighted by molar-refractivity contribution is 5.95. The summed E-state index contributed by atoms with van der Waals surface area (Å²) in [6.45, 7) is 3.41. The average Bonchev–Trinajstić information content (AvgIpc) is 3.55. The van der Waals surface area contributed by atoms with Crippen LogP contribution in [0, 0.1) is 23.1 Å². The molecule has 4 fully saturated rings. The zero-order valence-corrected chi connectivity index (χ0v) is 20.4. The van der Waals surface area contributed by atoms with E-state index in [1.54, 1.807) is 11.0 Å². The van der Waals surface area contributed by atoms with Crippen molar-refractivity contribution in [1.82, 2.24) is 4.90 Å². The number of aliphatic carboxylic acids is 1. The molecule has 3 saturated carbocycles. The van der Waals surface area contributed by atoms with Crippen molar-refractivity contribution in [3.63, 3.8) is 0 Å². The summed E-state index contributed by atoms with van der Waals surface area (Å²) < 4.78 is 21.7. The highest BCUT2D eigenvalue weighted by Crippen LogP contribution is 2.52. The minimum Gasteiger partial charge on any atom is -0.493 e. The van der Waals surface area contributed by atoms with Crippen LogP contribution in [-0.2, 0) is 4.79 Å². The molecule has 1 amide bonds. The lowest BCUT2D eigenvalue weighted by atomic mass is 9.59. The second kappa shape index (κ2) is 9.50. The van der Waals surface area contributed by atoms with Gasteiger partial charge < -0.3 is 14.7 Å². The number of hydrogen-bond donors (Lipinski definition) is 1. The Bertz CT molecular complexity index is 945. The maximum absolute atomic E-state index is 15.3. The first-order valence-electron chi connectivity index (χ1n) is 13.4. The van der Waals surface area contributed by atoms with Gasteiger partial charge in [-0.15, -0.1) is 0 Å². The molecule has 1 aliphatic heterocycles. The standard InChI is InChI=1S/C28H38FNO4/c1-2-18-11-19-5-3-9-28(15-18,16-19)17-34-25-14-24(29)23(13-22(25)20-7-8-20)27(33)30-10-4-6-21(30)12-26(31)32/h13-14,18-21H,2-12,15-17H2,1H3,(H,31,32)/t18?,19?,21-,28?/m0/s1. The summed E-state index contributed by atoms with van der Waals surface area (Å²) in [5.74, 6) is 0.624. The third kappa shape index (κ3) is 4.83. The second-order valence-electron chi connectivity index (χ2n) is 11.5. The fraction of sp³-hybridized carbons (Fsp3) is 0.714. The molecule has 1 N–H and O–H groups in total. The van der Waals surface area contributed by atoms with Gasteiger partial charge in [0.15, 0.2) is 0 Å². The smallest absolute Gasteiger partial charge is 0.305 e. The van der Waals surface area contributed by atoms with E-state index in [9.17, 15) is 14.7 Å². The third-order valence-corrected chi connectivity index (χ3v) is 8.94. The fourth-order valence-electron chi connectivity index (χ4n) is 7.11. The van der Waals surface area contributed by atoms with Gasteiger partial charge in [0.05, 0.1) is 18.6 Å². The average molecular weight is 472 g/mol. The molecule has 0 radical (unpaired) electrons. The maximum Gasteiger partial charge on any atom is 0.305 e. The zero-order valence-electron chi connectivity index (χ0n) is 20.4. The van der Waals surface area contributed by atoms with E-state index < -0.39 is 11.8 Å². The van der Waals surface area contributed by atoms with Crippen LogP contribution in [0.25, 0.3) is 0 Å². The maximum atomic E-state index is 15.3. The van der Waals surface area contributed by atoms with E-state index in [-0.39, 0.29) is 29.3 Å². The normalized spacial score (nSPS) is 30.9. The van der Waals surface area contributed by atoms with Crippen molar-refractivity contribution in [3.8, 4) is 5.75 Å². The Hall–Kier alpha value is -2.11. The minimum absolute atomic E-state index is 0.0612. The Morgan fingerprint density at radius 2 is 2.00 bits per heavy atom. The molecule has 2 bridgehead atoms. The summed E-state index contributed by atoms with van der Waals surface area (Å²) in [5.41, 5.74) is 1.21. The number of rotatable bonds is 8. The summed E-state index contributed by atoms with van der Waals surface area (Å²) in [7, 11) is 0. The fourth-order valence-corrected chi connectivity index (χ4v) is 7.11. The first kappa shape index (κ1) is 23.6. The van der Waals surface area contributed by atoms with Crippen LogP contribution in [0.5, 0.6) is 5.75 Å². The molecular formula is C28H38FNO4. The molecule has 4 atom stereocenters. The monoisotopic (exact) mass is 471 g/mol. The molecule has 6 heteroatoms. The zero-order chi connectivity index (χ0) is 23.9. The first-order valence-corrected chi connectivity index (χ1v) is 13.4. The number of nitrogens with zero attached hydrogens (tertiary/aromatic N) is 1. The predicted molar refractivity (Wildman–Crippen MR) is 128 cm³/mol. The molecule has 1 aromatic carbocycles. The van der Waals surface area contributed by atoms with E-state index in [4.69, 9.17) is 4.74 Å². The highest BCUT2D eigenvalue weighted by atomic mass is 19.1.